The predicted molar refractivity (Wildman–Crippen MR) is 60.1 cm³/mol. The van der Waals surface area contributed by atoms with Crippen molar-refractivity contribution in [1.82, 2.24) is 14.5 Å². The van der Waals surface area contributed by atoms with Gasteiger partial charge in [-0.05, 0) is 25.5 Å². The van der Waals surface area contributed by atoms with Crippen molar-refractivity contribution in [1.29, 1.82) is 0 Å². The Balaban J connectivity index is 2.40. The van der Waals surface area contributed by atoms with E-state index >= 15 is 0 Å². The molecule has 0 atom stereocenters. The van der Waals surface area contributed by atoms with Gasteiger partial charge in [0, 0.05) is 30.7 Å². The van der Waals surface area contributed by atoms with E-state index in [1.807, 2.05) is 31.6 Å². The number of imidazole rings is 1. The quantitative estimate of drug-likeness (QED) is 0.764. The summed E-state index contributed by atoms with van der Waals surface area (Å²) >= 11 is 0. The zero-order valence-corrected chi connectivity index (χ0v) is 9.14. The fraction of sp³-hybridized carbons (Fsp3) is 0.333. The molecule has 0 aromatic carbocycles. The lowest BCUT2D eigenvalue weighted by molar-refractivity contribution is 0.808. The van der Waals surface area contributed by atoms with Gasteiger partial charge in [0.1, 0.15) is 5.82 Å². The topological polar surface area (TPSA) is 30.7 Å². The molecule has 0 saturated carbocycles. The van der Waals surface area contributed by atoms with E-state index in [2.05, 4.69) is 27.5 Å². The van der Waals surface area contributed by atoms with Crippen molar-refractivity contribution in [3.63, 3.8) is 0 Å². The molecule has 0 N–H and O–H groups in total. The molecule has 0 aliphatic rings. The average Bonchev–Trinajstić information content (AvgIpc) is 2.66. The maximum atomic E-state index is 4.35. The van der Waals surface area contributed by atoms with Crippen LogP contribution < -0.4 is 0 Å². The van der Waals surface area contributed by atoms with Crippen LogP contribution in [0.5, 0.6) is 0 Å². The Labute approximate surface area is 89.8 Å². The first-order valence-electron chi connectivity index (χ1n) is 5.26. The molecule has 2 rings (SSSR count). The van der Waals surface area contributed by atoms with E-state index in [-0.39, 0.29) is 0 Å². The maximum Gasteiger partial charge on any atom is 0.113 e. The Morgan fingerprint density at radius 1 is 1.27 bits per heavy atom. The molecule has 0 saturated heterocycles. The van der Waals surface area contributed by atoms with Crippen molar-refractivity contribution in [3.8, 4) is 5.69 Å². The Hall–Kier alpha value is -1.64. The van der Waals surface area contributed by atoms with Crippen molar-refractivity contribution < 1.29 is 0 Å². The van der Waals surface area contributed by atoms with Crippen LogP contribution in [0.2, 0.25) is 0 Å². The molecule has 0 aliphatic heterocycles. The van der Waals surface area contributed by atoms with Gasteiger partial charge in [-0.15, -0.1) is 0 Å². The summed E-state index contributed by atoms with van der Waals surface area (Å²) in [5.41, 5.74) is 2.17. The van der Waals surface area contributed by atoms with Gasteiger partial charge in [0.2, 0.25) is 0 Å². The van der Waals surface area contributed by atoms with Crippen LogP contribution >= 0.6 is 0 Å². The van der Waals surface area contributed by atoms with Crippen LogP contribution in [-0.2, 0) is 6.42 Å². The van der Waals surface area contributed by atoms with Gasteiger partial charge in [-0.3, -0.25) is 4.98 Å². The van der Waals surface area contributed by atoms with Crippen LogP contribution in [0.3, 0.4) is 0 Å². The zero-order valence-electron chi connectivity index (χ0n) is 9.14. The Morgan fingerprint density at radius 3 is 2.87 bits per heavy atom. The van der Waals surface area contributed by atoms with Gasteiger partial charge in [-0.2, -0.15) is 0 Å². The highest BCUT2D eigenvalue weighted by Gasteiger charge is 2.03. The molecule has 0 aliphatic carbocycles. The van der Waals surface area contributed by atoms with Crippen molar-refractivity contribution in [2.45, 2.75) is 26.7 Å². The van der Waals surface area contributed by atoms with Crippen LogP contribution in [0.1, 0.15) is 24.9 Å². The molecule has 15 heavy (non-hydrogen) atoms. The monoisotopic (exact) mass is 201 g/mol. The van der Waals surface area contributed by atoms with E-state index in [4.69, 9.17) is 0 Å². The zero-order chi connectivity index (χ0) is 10.7. The summed E-state index contributed by atoms with van der Waals surface area (Å²) in [4.78, 5) is 8.55. The highest BCUT2D eigenvalue weighted by atomic mass is 15.1. The van der Waals surface area contributed by atoms with E-state index in [0.717, 1.165) is 30.0 Å². The molecule has 2 heterocycles. The molecule has 78 valence electrons. The van der Waals surface area contributed by atoms with Crippen LogP contribution in [-0.4, -0.2) is 14.5 Å². The normalized spacial score (nSPS) is 10.5. The lowest BCUT2D eigenvalue weighted by Crippen LogP contribution is -2.00. The first kappa shape index (κ1) is 9.90. The minimum Gasteiger partial charge on any atom is -0.304 e. The number of hydrogen-bond acceptors (Lipinski definition) is 2. The van der Waals surface area contributed by atoms with Crippen molar-refractivity contribution in [3.05, 3.63) is 42.2 Å². The molecular formula is C12H15N3. The summed E-state index contributed by atoms with van der Waals surface area (Å²) in [6.45, 7) is 4.16. The van der Waals surface area contributed by atoms with Crippen molar-refractivity contribution in [2.75, 3.05) is 0 Å². The van der Waals surface area contributed by atoms with Gasteiger partial charge >= 0.3 is 0 Å². The fourth-order valence-corrected chi connectivity index (χ4v) is 1.66. The molecule has 0 fully saturated rings. The van der Waals surface area contributed by atoms with Crippen LogP contribution in [0.15, 0.2) is 30.7 Å². The molecule has 0 amide bonds. The number of hydrogen-bond donors (Lipinski definition) is 0. The van der Waals surface area contributed by atoms with Crippen LogP contribution in [0, 0.1) is 6.92 Å². The van der Waals surface area contributed by atoms with E-state index in [9.17, 15) is 0 Å². The fourth-order valence-electron chi connectivity index (χ4n) is 1.66. The number of aromatic nitrogens is 3. The highest BCUT2D eigenvalue weighted by Crippen LogP contribution is 2.12. The molecule has 3 heteroatoms. The lowest BCUT2D eigenvalue weighted by atomic mass is 10.3. The predicted octanol–water partition coefficient (Wildman–Crippen LogP) is 2.53. The summed E-state index contributed by atoms with van der Waals surface area (Å²) in [7, 11) is 0. The SMILES string of the molecule is CCCc1nccn1-c1ccnc(C)c1. The largest absolute Gasteiger partial charge is 0.304 e. The minimum absolute atomic E-state index is 1.01. The van der Waals surface area contributed by atoms with Gasteiger partial charge in [0.05, 0.1) is 5.69 Å². The Kier molecular flexibility index (Phi) is 2.81. The van der Waals surface area contributed by atoms with Gasteiger partial charge < -0.3 is 4.57 Å². The number of aryl methyl sites for hydroxylation is 2. The van der Waals surface area contributed by atoms with E-state index < -0.39 is 0 Å². The maximum absolute atomic E-state index is 4.35. The Bertz CT molecular complexity index is 446. The minimum atomic E-state index is 1.01. The standard InChI is InChI=1S/C12H15N3/c1-3-4-12-14-7-8-15(12)11-5-6-13-10(2)9-11/h5-9H,3-4H2,1-2H3. The van der Waals surface area contributed by atoms with E-state index in [1.165, 1.54) is 0 Å². The molecule has 0 radical (unpaired) electrons. The Morgan fingerprint density at radius 2 is 2.13 bits per heavy atom. The lowest BCUT2D eigenvalue weighted by Gasteiger charge is -2.07. The summed E-state index contributed by atoms with van der Waals surface area (Å²) in [6, 6.07) is 4.08. The van der Waals surface area contributed by atoms with E-state index in [1.54, 1.807) is 0 Å². The molecule has 2 aromatic heterocycles. The summed E-state index contributed by atoms with van der Waals surface area (Å²) in [5, 5.41) is 0. The number of nitrogens with zero attached hydrogens (tertiary/aromatic N) is 3. The highest BCUT2D eigenvalue weighted by molar-refractivity contribution is 5.33. The molecule has 3 nitrogen and oxygen atoms in total. The van der Waals surface area contributed by atoms with Crippen LogP contribution in [0.25, 0.3) is 5.69 Å². The average molecular weight is 201 g/mol. The van der Waals surface area contributed by atoms with Gasteiger partial charge in [-0.25, -0.2) is 4.98 Å². The summed E-state index contributed by atoms with van der Waals surface area (Å²) in [6.07, 6.45) is 7.80. The summed E-state index contributed by atoms with van der Waals surface area (Å²) < 4.78 is 2.12. The van der Waals surface area contributed by atoms with Gasteiger partial charge in [0.25, 0.3) is 0 Å². The van der Waals surface area contributed by atoms with Gasteiger partial charge in [0.15, 0.2) is 0 Å². The summed E-state index contributed by atoms with van der Waals surface area (Å²) in [5.74, 6) is 1.11. The molecule has 0 spiro atoms. The molecule has 0 unspecified atom stereocenters. The first-order valence-corrected chi connectivity index (χ1v) is 5.26. The molecule has 0 bridgehead atoms. The van der Waals surface area contributed by atoms with Gasteiger partial charge in [-0.1, -0.05) is 6.92 Å². The van der Waals surface area contributed by atoms with Crippen LogP contribution in [0.4, 0.5) is 0 Å². The third-order valence-electron chi connectivity index (χ3n) is 2.35. The second-order valence-electron chi connectivity index (χ2n) is 3.62. The number of pyridine rings is 1. The third kappa shape index (κ3) is 2.06. The van der Waals surface area contributed by atoms with E-state index in [0.29, 0.717) is 0 Å². The van der Waals surface area contributed by atoms with Crippen molar-refractivity contribution in [2.24, 2.45) is 0 Å². The molecular weight excluding hydrogens is 186 g/mol. The molecule has 2 aromatic rings. The smallest absolute Gasteiger partial charge is 0.113 e. The third-order valence-corrected chi connectivity index (χ3v) is 2.35. The van der Waals surface area contributed by atoms with Crippen molar-refractivity contribution >= 4 is 0 Å². The second kappa shape index (κ2) is 4.26. The number of rotatable bonds is 3. The second-order valence-corrected chi connectivity index (χ2v) is 3.62. The first-order chi connectivity index (χ1) is 7.31.